The topological polar surface area (TPSA) is 62.0 Å². The van der Waals surface area contributed by atoms with Gasteiger partial charge in [-0.1, -0.05) is 6.07 Å². The van der Waals surface area contributed by atoms with Crippen molar-refractivity contribution >= 4 is 17.5 Å². The van der Waals surface area contributed by atoms with Gasteiger partial charge < -0.3 is 10.3 Å². The van der Waals surface area contributed by atoms with Gasteiger partial charge in [0.2, 0.25) is 5.56 Å². The molecule has 0 bridgehead atoms. The molecule has 1 atom stereocenters. The molecule has 0 fully saturated rings. The van der Waals surface area contributed by atoms with Gasteiger partial charge in [0.05, 0.1) is 0 Å². The molecule has 0 aliphatic rings. The summed E-state index contributed by atoms with van der Waals surface area (Å²) in [5, 5.41) is 2.69. The fourth-order valence-electron chi connectivity index (χ4n) is 1.06. The Hall–Kier alpha value is -1.29. The first-order valence-electron chi connectivity index (χ1n) is 4.71. The van der Waals surface area contributed by atoms with Gasteiger partial charge in [0.1, 0.15) is 5.69 Å². The first kappa shape index (κ1) is 11.8. The summed E-state index contributed by atoms with van der Waals surface area (Å²) >= 11 is 5.72. The van der Waals surface area contributed by atoms with Crippen LogP contribution in [0.3, 0.4) is 0 Å². The molecule has 0 saturated heterocycles. The highest BCUT2D eigenvalue weighted by Crippen LogP contribution is 1.98. The lowest BCUT2D eigenvalue weighted by molar-refractivity contribution is 0.0948. The molecule has 1 unspecified atom stereocenters. The molecule has 5 heteroatoms. The van der Waals surface area contributed by atoms with E-state index in [2.05, 4.69) is 10.3 Å². The second-order valence-corrected chi connectivity index (χ2v) is 4.00. The monoisotopic (exact) mass is 228 g/mol. The maximum absolute atomic E-state index is 11.5. The number of H-pyrrole nitrogens is 1. The lowest BCUT2D eigenvalue weighted by atomic mass is 10.3. The van der Waals surface area contributed by atoms with E-state index in [1.165, 1.54) is 12.1 Å². The number of rotatable bonds is 4. The van der Waals surface area contributed by atoms with Gasteiger partial charge in [0.25, 0.3) is 5.91 Å². The molecule has 82 valence electrons. The maximum atomic E-state index is 11.5. The number of amides is 1. The van der Waals surface area contributed by atoms with Crippen molar-refractivity contribution in [1.82, 2.24) is 10.3 Å². The average molecular weight is 229 g/mol. The Morgan fingerprint density at radius 3 is 2.93 bits per heavy atom. The van der Waals surface area contributed by atoms with Gasteiger partial charge in [0.15, 0.2) is 0 Å². The molecule has 0 aliphatic carbocycles. The molecule has 0 aliphatic heterocycles. The Kier molecular flexibility index (Phi) is 4.37. The van der Waals surface area contributed by atoms with Gasteiger partial charge in [-0.3, -0.25) is 9.59 Å². The summed E-state index contributed by atoms with van der Waals surface area (Å²) in [4.78, 5) is 24.8. The zero-order valence-corrected chi connectivity index (χ0v) is 9.17. The molecule has 1 amide bonds. The molecule has 0 saturated carbocycles. The third kappa shape index (κ3) is 4.16. The van der Waals surface area contributed by atoms with Crippen LogP contribution < -0.4 is 10.9 Å². The Balaban J connectivity index is 2.51. The lowest BCUT2D eigenvalue weighted by Gasteiger charge is -2.05. The number of aromatic nitrogens is 1. The Labute approximate surface area is 92.7 Å². The molecule has 4 nitrogen and oxygen atoms in total. The molecule has 0 aromatic carbocycles. The van der Waals surface area contributed by atoms with Gasteiger partial charge >= 0.3 is 0 Å². The molecule has 0 spiro atoms. The van der Waals surface area contributed by atoms with Crippen LogP contribution in [-0.2, 0) is 0 Å². The van der Waals surface area contributed by atoms with E-state index in [0.717, 1.165) is 0 Å². The van der Waals surface area contributed by atoms with Gasteiger partial charge in [-0.05, 0) is 19.4 Å². The average Bonchev–Trinajstić information content (AvgIpc) is 2.17. The summed E-state index contributed by atoms with van der Waals surface area (Å²) in [7, 11) is 0. The van der Waals surface area contributed by atoms with Gasteiger partial charge in [-0.15, -0.1) is 11.6 Å². The third-order valence-corrected chi connectivity index (χ3v) is 2.06. The molecule has 15 heavy (non-hydrogen) atoms. The highest BCUT2D eigenvalue weighted by Gasteiger charge is 2.05. The van der Waals surface area contributed by atoms with E-state index in [9.17, 15) is 9.59 Å². The maximum Gasteiger partial charge on any atom is 0.267 e. The van der Waals surface area contributed by atoms with Crippen molar-refractivity contribution in [3.8, 4) is 0 Å². The Morgan fingerprint density at radius 1 is 1.60 bits per heavy atom. The summed E-state index contributed by atoms with van der Waals surface area (Å²) in [5.74, 6) is -0.287. The van der Waals surface area contributed by atoms with Crippen molar-refractivity contribution in [3.63, 3.8) is 0 Å². The first-order valence-corrected chi connectivity index (χ1v) is 5.15. The first-order chi connectivity index (χ1) is 7.09. The summed E-state index contributed by atoms with van der Waals surface area (Å²) < 4.78 is 0. The fourth-order valence-corrected chi connectivity index (χ4v) is 1.17. The predicted octanol–water partition coefficient (Wildman–Crippen LogP) is 1.12. The predicted molar refractivity (Wildman–Crippen MR) is 59.3 cm³/mol. The minimum atomic E-state index is -0.287. The van der Waals surface area contributed by atoms with Crippen LogP contribution >= 0.6 is 11.6 Å². The fraction of sp³-hybridized carbons (Fsp3) is 0.400. The van der Waals surface area contributed by atoms with Crippen LogP contribution in [0, 0.1) is 0 Å². The minimum absolute atomic E-state index is 0.0279. The van der Waals surface area contributed by atoms with Crippen LogP contribution in [-0.4, -0.2) is 22.8 Å². The SMILES string of the molecule is CC(Cl)CCNC(=O)c1cccc(=O)[nH]1. The third-order valence-electron chi connectivity index (χ3n) is 1.84. The van der Waals surface area contributed by atoms with Gasteiger partial charge in [-0.25, -0.2) is 0 Å². The molecule has 0 radical (unpaired) electrons. The second-order valence-electron chi connectivity index (χ2n) is 3.25. The second kappa shape index (κ2) is 5.56. The molecule has 1 aromatic heterocycles. The number of carbonyl (C=O) groups excluding carboxylic acids is 1. The van der Waals surface area contributed by atoms with E-state index >= 15 is 0 Å². The quantitative estimate of drug-likeness (QED) is 0.759. The van der Waals surface area contributed by atoms with Gasteiger partial charge in [0, 0.05) is 18.0 Å². The van der Waals surface area contributed by atoms with Crippen molar-refractivity contribution in [1.29, 1.82) is 0 Å². The molecular weight excluding hydrogens is 216 g/mol. The van der Waals surface area contributed by atoms with E-state index in [4.69, 9.17) is 11.6 Å². The van der Waals surface area contributed by atoms with E-state index < -0.39 is 0 Å². The molecule has 2 N–H and O–H groups in total. The largest absolute Gasteiger partial charge is 0.351 e. The number of hydrogen-bond donors (Lipinski definition) is 2. The number of aromatic amines is 1. The smallest absolute Gasteiger partial charge is 0.267 e. The van der Waals surface area contributed by atoms with E-state index in [1.807, 2.05) is 6.92 Å². The van der Waals surface area contributed by atoms with Crippen LogP contribution in [0.25, 0.3) is 0 Å². The van der Waals surface area contributed by atoms with Crippen molar-refractivity contribution in [2.24, 2.45) is 0 Å². The number of alkyl halides is 1. The molecule has 1 aromatic rings. The van der Waals surface area contributed by atoms with Crippen LogP contribution in [0.4, 0.5) is 0 Å². The number of hydrogen-bond acceptors (Lipinski definition) is 2. The highest BCUT2D eigenvalue weighted by molar-refractivity contribution is 6.20. The van der Waals surface area contributed by atoms with E-state index in [1.54, 1.807) is 6.07 Å². The van der Waals surface area contributed by atoms with E-state index in [0.29, 0.717) is 13.0 Å². The zero-order valence-electron chi connectivity index (χ0n) is 8.42. The molecule has 1 heterocycles. The van der Waals surface area contributed by atoms with Crippen molar-refractivity contribution in [3.05, 3.63) is 34.2 Å². The van der Waals surface area contributed by atoms with E-state index in [-0.39, 0.29) is 22.5 Å². The van der Waals surface area contributed by atoms with Gasteiger partial charge in [-0.2, -0.15) is 0 Å². The highest BCUT2D eigenvalue weighted by atomic mass is 35.5. The lowest BCUT2D eigenvalue weighted by Crippen LogP contribution is -2.27. The van der Waals surface area contributed by atoms with Crippen molar-refractivity contribution in [2.45, 2.75) is 18.7 Å². The number of carbonyl (C=O) groups is 1. The summed E-state index contributed by atoms with van der Waals surface area (Å²) in [5.41, 5.74) is -0.0157. The minimum Gasteiger partial charge on any atom is -0.351 e. The standard InChI is InChI=1S/C10H13ClN2O2/c1-7(11)5-6-12-10(15)8-3-2-4-9(14)13-8/h2-4,7H,5-6H2,1H3,(H,12,15)(H,13,14). The Morgan fingerprint density at radius 2 is 2.33 bits per heavy atom. The normalized spacial score (nSPS) is 12.1. The number of pyridine rings is 1. The number of halogens is 1. The summed E-state index contributed by atoms with van der Waals surface area (Å²) in [6.07, 6.45) is 0.699. The van der Waals surface area contributed by atoms with Crippen LogP contribution in [0.15, 0.2) is 23.0 Å². The molecular formula is C10H13ClN2O2. The van der Waals surface area contributed by atoms with Crippen LogP contribution in [0.5, 0.6) is 0 Å². The zero-order chi connectivity index (χ0) is 11.3. The van der Waals surface area contributed by atoms with Crippen molar-refractivity contribution < 1.29 is 4.79 Å². The van der Waals surface area contributed by atoms with Crippen LogP contribution in [0.2, 0.25) is 0 Å². The summed E-state index contributed by atoms with van der Waals surface area (Å²) in [6.45, 7) is 2.36. The summed E-state index contributed by atoms with van der Waals surface area (Å²) in [6, 6.07) is 4.45. The number of nitrogens with one attached hydrogen (secondary N) is 2. The Bertz CT molecular complexity index is 387. The molecule has 1 rings (SSSR count). The van der Waals surface area contributed by atoms with Crippen LogP contribution in [0.1, 0.15) is 23.8 Å². The van der Waals surface area contributed by atoms with Crippen molar-refractivity contribution in [2.75, 3.05) is 6.54 Å².